The van der Waals surface area contributed by atoms with Crippen LogP contribution in [0.4, 0.5) is 4.79 Å². The van der Waals surface area contributed by atoms with Crippen molar-refractivity contribution < 1.29 is 19.1 Å². The molecule has 1 saturated heterocycles. The third-order valence-electron chi connectivity index (χ3n) is 6.62. The first kappa shape index (κ1) is 24.9. The van der Waals surface area contributed by atoms with E-state index in [2.05, 4.69) is 23.8 Å². The molecule has 0 saturated carbocycles. The number of carbonyl (C=O) groups excluding carboxylic acids is 1. The molecular formula is C28H35N3O4. The lowest BCUT2D eigenvalue weighted by Gasteiger charge is -2.56. The van der Waals surface area contributed by atoms with Crippen molar-refractivity contribution in [2.24, 2.45) is 5.41 Å². The summed E-state index contributed by atoms with van der Waals surface area (Å²) in [6, 6.07) is 9.91. The summed E-state index contributed by atoms with van der Waals surface area (Å²) < 4.78 is 11.3. The maximum atomic E-state index is 12.7. The molecule has 4 rings (SSSR count). The smallest absolute Gasteiger partial charge is 0.410 e. The summed E-state index contributed by atoms with van der Waals surface area (Å²) in [7, 11) is 0. The van der Waals surface area contributed by atoms with Crippen LogP contribution >= 0.6 is 0 Å². The lowest BCUT2D eigenvalue weighted by molar-refractivity contribution is -0.131. The lowest BCUT2D eigenvalue weighted by atomic mass is 9.62. The first-order valence-corrected chi connectivity index (χ1v) is 12.0. The average molecular weight is 478 g/mol. The molecule has 1 amide bonds. The van der Waals surface area contributed by atoms with Crippen molar-refractivity contribution in [3.8, 4) is 11.5 Å². The molecule has 0 aliphatic carbocycles. The second-order valence-electron chi connectivity index (χ2n) is 11.1. The predicted molar refractivity (Wildman–Crippen MR) is 134 cm³/mol. The first-order chi connectivity index (χ1) is 16.3. The van der Waals surface area contributed by atoms with E-state index in [4.69, 9.17) is 9.15 Å². The molecular weight excluding hydrogens is 442 g/mol. The minimum atomic E-state index is -1.41. The highest BCUT2D eigenvalue weighted by atomic mass is 16.6. The summed E-state index contributed by atoms with van der Waals surface area (Å²) in [6.45, 7) is 14.3. The van der Waals surface area contributed by atoms with Gasteiger partial charge < -0.3 is 19.2 Å². The van der Waals surface area contributed by atoms with E-state index in [0.717, 1.165) is 5.56 Å². The molecule has 1 N–H and O–H groups in total. The van der Waals surface area contributed by atoms with Crippen molar-refractivity contribution in [2.75, 3.05) is 13.1 Å². The zero-order valence-electron chi connectivity index (χ0n) is 21.6. The van der Waals surface area contributed by atoms with Crippen LogP contribution in [-0.2, 0) is 10.3 Å². The van der Waals surface area contributed by atoms with Crippen LogP contribution in [0, 0.1) is 12.3 Å². The Morgan fingerprint density at radius 3 is 2.31 bits per heavy atom. The van der Waals surface area contributed by atoms with Crippen LogP contribution < -0.4 is 0 Å². The molecule has 1 aliphatic heterocycles. The molecule has 7 nitrogen and oxygen atoms in total. The van der Waals surface area contributed by atoms with Gasteiger partial charge in [-0.1, -0.05) is 45.0 Å². The second-order valence-corrected chi connectivity index (χ2v) is 11.1. The molecule has 3 heterocycles. The first-order valence-electron chi connectivity index (χ1n) is 12.0. The number of rotatable bonds is 5. The van der Waals surface area contributed by atoms with Gasteiger partial charge in [-0.3, -0.25) is 4.98 Å². The molecule has 2 aromatic heterocycles. The van der Waals surface area contributed by atoms with Crippen LogP contribution in [0.3, 0.4) is 0 Å². The minimum absolute atomic E-state index is 0.340. The monoisotopic (exact) mass is 477 g/mol. The number of likely N-dealkylation sites (tertiary alicyclic amines) is 1. The number of hydrogen-bond acceptors (Lipinski definition) is 6. The van der Waals surface area contributed by atoms with E-state index >= 15 is 0 Å². The maximum Gasteiger partial charge on any atom is 0.410 e. The second kappa shape index (κ2) is 8.79. The van der Waals surface area contributed by atoms with Gasteiger partial charge in [-0.25, -0.2) is 9.78 Å². The Morgan fingerprint density at radius 1 is 1.11 bits per heavy atom. The number of nitrogens with zero attached hydrogens (tertiary/aromatic N) is 3. The quantitative estimate of drug-likeness (QED) is 0.510. The van der Waals surface area contributed by atoms with E-state index in [-0.39, 0.29) is 6.09 Å². The molecule has 7 heteroatoms. The Hall–Kier alpha value is -3.19. The number of hydrogen-bond donors (Lipinski definition) is 1. The van der Waals surface area contributed by atoms with Crippen LogP contribution in [0.25, 0.3) is 11.5 Å². The summed E-state index contributed by atoms with van der Waals surface area (Å²) in [4.78, 5) is 23.0. The van der Waals surface area contributed by atoms with E-state index in [1.165, 1.54) is 5.56 Å². The van der Waals surface area contributed by atoms with Crippen LogP contribution in [0.1, 0.15) is 69.9 Å². The van der Waals surface area contributed by atoms with Crippen molar-refractivity contribution in [3.63, 3.8) is 0 Å². The largest absolute Gasteiger partial charge is 0.444 e. The molecule has 0 spiro atoms. The van der Waals surface area contributed by atoms with Gasteiger partial charge in [0.1, 0.15) is 17.0 Å². The summed E-state index contributed by atoms with van der Waals surface area (Å²) >= 11 is 0. The van der Waals surface area contributed by atoms with Crippen molar-refractivity contribution >= 4 is 6.09 Å². The number of carbonyl (C=O) groups is 1. The van der Waals surface area contributed by atoms with E-state index < -0.39 is 16.6 Å². The van der Waals surface area contributed by atoms with Crippen molar-refractivity contribution in [2.45, 2.75) is 65.6 Å². The number of aromatic nitrogens is 2. The lowest BCUT2D eigenvalue weighted by Crippen LogP contribution is -2.66. The summed E-state index contributed by atoms with van der Waals surface area (Å²) in [5.41, 5.74) is 0.567. The number of ether oxygens (including phenoxy) is 1. The van der Waals surface area contributed by atoms with Gasteiger partial charge in [-0.15, -0.1) is 0 Å². The Labute approximate surface area is 207 Å². The highest BCUT2D eigenvalue weighted by Gasteiger charge is 2.58. The van der Waals surface area contributed by atoms with Crippen LogP contribution in [0.5, 0.6) is 0 Å². The summed E-state index contributed by atoms with van der Waals surface area (Å²) in [5, 5.41) is 12.5. The van der Waals surface area contributed by atoms with Crippen LogP contribution in [0.2, 0.25) is 0 Å². The van der Waals surface area contributed by atoms with Gasteiger partial charge in [0.2, 0.25) is 5.89 Å². The molecule has 1 aromatic carbocycles. The number of aryl methyl sites for hydroxylation is 1. The predicted octanol–water partition coefficient (Wildman–Crippen LogP) is 5.66. The number of amides is 1. The van der Waals surface area contributed by atoms with E-state index in [0.29, 0.717) is 41.8 Å². The Balaban J connectivity index is 1.75. The molecule has 35 heavy (non-hydrogen) atoms. The van der Waals surface area contributed by atoms with E-state index in [1.54, 1.807) is 23.5 Å². The Kier molecular flexibility index (Phi) is 6.26. The van der Waals surface area contributed by atoms with Crippen molar-refractivity contribution in [1.82, 2.24) is 14.9 Å². The highest BCUT2D eigenvalue weighted by Crippen LogP contribution is 2.51. The number of pyridine rings is 1. The third-order valence-corrected chi connectivity index (χ3v) is 6.62. The third kappa shape index (κ3) is 4.69. The van der Waals surface area contributed by atoms with Gasteiger partial charge >= 0.3 is 6.09 Å². The van der Waals surface area contributed by atoms with Crippen LogP contribution in [0.15, 0.2) is 53.3 Å². The minimum Gasteiger partial charge on any atom is -0.444 e. The molecule has 186 valence electrons. The van der Waals surface area contributed by atoms with Gasteiger partial charge in [0.25, 0.3) is 0 Å². The van der Waals surface area contributed by atoms with Gasteiger partial charge in [0.05, 0.1) is 11.8 Å². The molecule has 1 fully saturated rings. The van der Waals surface area contributed by atoms with Crippen molar-refractivity contribution in [3.05, 3.63) is 71.4 Å². The molecule has 1 atom stereocenters. The molecule has 3 aromatic rings. The van der Waals surface area contributed by atoms with Gasteiger partial charge in [0, 0.05) is 36.5 Å². The maximum absolute atomic E-state index is 12.7. The van der Waals surface area contributed by atoms with Gasteiger partial charge in [0.15, 0.2) is 0 Å². The fourth-order valence-electron chi connectivity index (χ4n) is 4.70. The van der Waals surface area contributed by atoms with Crippen LogP contribution in [-0.4, -0.2) is 44.8 Å². The zero-order chi connectivity index (χ0) is 25.6. The van der Waals surface area contributed by atoms with Gasteiger partial charge in [-0.2, -0.15) is 0 Å². The number of oxazole rings is 1. The highest BCUT2D eigenvalue weighted by molar-refractivity contribution is 5.70. The normalized spacial score (nSPS) is 17.1. The number of benzene rings is 1. The SMILES string of the molecule is Cc1cnc(-c2cncc([C@@](O)(c3ccc(C(C)C)cc3)C3(C)CN(C(=O)OC(C)(C)C)C3)c2)o1. The zero-order valence-corrected chi connectivity index (χ0v) is 21.6. The van der Waals surface area contributed by atoms with E-state index in [9.17, 15) is 9.90 Å². The standard InChI is InChI=1S/C28H35N3O4/c1-18(2)20-8-10-22(11-9-20)28(33,27(7)16-31(17-27)25(32)35-26(4,5)6)23-12-21(14-29-15-23)24-30-13-19(3)34-24/h8-15,18,33H,16-17H2,1-7H3/t28-/m0/s1. The fourth-order valence-corrected chi connectivity index (χ4v) is 4.70. The topological polar surface area (TPSA) is 88.7 Å². The summed E-state index contributed by atoms with van der Waals surface area (Å²) in [6.07, 6.45) is 4.63. The summed E-state index contributed by atoms with van der Waals surface area (Å²) in [5.74, 6) is 1.52. The average Bonchev–Trinajstić information content (AvgIpc) is 3.21. The Morgan fingerprint density at radius 2 is 1.77 bits per heavy atom. The Bertz CT molecular complexity index is 1200. The molecule has 0 unspecified atom stereocenters. The van der Waals surface area contributed by atoms with Gasteiger partial charge in [-0.05, 0) is 50.8 Å². The molecule has 0 bridgehead atoms. The van der Waals surface area contributed by atoms with E-state index in [1.807, 2.05) is 65.0 Å². The van der Waals surface area contributed by atoms with Crippen molar-refractivity contribution in [1.29, 1.82) is 0 Å². The fraction of sp³-hybridized carbons (Fsp3) is 0.464. The molecule has 0 radical (unpaired) electrons. The molecule has 1 aliphatic rings. The number of aliphatic hydroxyl groups is 1.